The second-order valence-corrected chi connectivity index (χ2v) is 8.27. The summed E-state index contributed by atoms with van der Waals surface area (Å²) in [5, 5.41) is 1.99. The molecule has 0 radical (unpaired) electrons. The number of aryl methyl sites for hydroxylation is 1. The number of carbonyl (C=O) groups is 3. The average Bonchev–Trinajstić information content (AvgIpc) is 2.81. The van der Waals surface area contributed by atoms with Crippen molar-refractivity contribution in [3.8, 4) is 0 Å². The number of alkyl halides is 6. The minimum absolute atomic E-state index is 0.132. The summed E-state index contributed by atoms with van der Waals surface area (Å²) in [6, 6.07) is 4.27. The van der Waals surface area contributed by atoms with Crippen LogP contribution in [-0.2, 0) is 22.4 Å². The van der Waals surface area contributed by atoms with E-state index >= 15 is 0 Å². The molecule has 0 bridgehead atoms. The molecule has 1 N–H and O–H groups in total. The standard InChI is InChI=1S/C22H19F7N4O5/c1-2-13-9-14(33(30-18(13)35)38-20(37)22(27,28)29)7-12-3-4-16(23)15(8-12)19(36)31-5-6-32(17(34)10-31)11-21(24,25)26/h3-4,8-9H,2,5-7,10-11H2,1H3/p+1. The largest absolute Gasteiger partial charge is 0.498 e. The summed E-state index contributed by atoms with van der Waals surface area (Å²) in [5.41, 5.74) is -1.25. The third kappa shape index (κ3) is 6.86. The summed E-state index contributed by atoms with van der Waals surface area (Å²) >= 11 is 0. The summed E-state index contributed by atoms with van der Waals surface area (Å²) in [7, 11) is 0. The lowest BCUT2D eigenvalue weighted by Gasteiger charge is -2.34. The number of halogens is 7. The van der Waals surface area contributed by atoms with Gasteiger partial charge >= 0.3 is 23.9 Å². The fraction of sp³-hybridized carbons (Fsp3) is 0.409. The molecule has 2 amide bonds. The maximum atomic E-state index is 14.5. The maximum absolute atomic E-state index is 14.5. The molecule has 2 heterocycles. The van der Waals surface area contributed by atoms with Crippen molar-refractivity contribution in [2.75, 3.05) is 26.2 Å². The van der Waals surface area contributed by atoms with Crippen LogP contribution in [-0.4, -0.2) is 71.2 Å². The third-order valence-electron chi connectivity index (χ3n) is 5.51. The number of amides is 2. The van der Waals surface area contributed by atoms with Crippen molar-refractivity contribution in [2.24, 2.45) is 0 Å². The predicted octanol–water partition coefficient (Wildman–Crippen LogP) is 1.32. The minimum atomic E-state index is -5.37. The SMILES string of the molecule is CCc1cc(Cc2ccc(F)c(C(=O)N3CCN(CC(F)(F)F)C(=O)C3)c2)[n+](OC(=O)C(F)(F)F)[nH]c1=O. The van der Waals surface area contributed by atoms with Gasteiger partial charge in [-0.2, -0.15) is 31.2 Å². The van der Waals surface area contributed by atoms with E-state index in [1.807, 2.05) is 5.10 Å². The molecule has 9 nitrogen and oxygen atoms in total. The lowest BCUT2D eigenvalue weighted by atomic mass is 10.0. The van der Waals surface area contributed by atoms with Gasteiger partial charge < -0.3 is 9.80 Å². The van der Waals surface area contributed by atoms with Crippen molar-refractivity contribution in [2.45, 2.75) is 32.1 Å². The van der Waals surface area contributed by atoms with Gasteiger partial charge in [0.1, 0.15) is 23.8 Å². The van der Waals surface area contributed by atoms with Gasteiger partial charge in [0, 0.05) is 24.7 Å². The predicted molar refractivity (Wildman–Crippen MR) is 112 cm³/mol. The number of rotatable bonds is 6. The summed E-state index contributed by atoms with van der Waals surface area (Å²) in [5.74, 6) is -5.60. The monoisotopic (exact) mass is 553 g/mol. The van der Waals surface area contributed by atoms with Crippen molar-refractivity contribution in [1.29, 1.82) is 0 Å². The number of benzene rings is 1. The summed E-state index contributed by atoms with van der Waals surface area (Å²) < 4.78 is 90.4. The lowest BCUT2D eigenvalue weighted by Crippen LogP contribution is -2.58. The molecule has 1 aromatic heterocycles. The van der Waals surface area contributed by atoms with E-state index < -0.39 is 66.7 Å². The van der Waals surface area contributed by atoms with Gasteiger partial charge in [-0.1, -0.05) is 18.1 Å². The van der Waals surface area contributed by atoms with Crippen LogP contribution in [0.4, 0.5) is 30.7 Å². The van der Waals surface area contributed by atoms with E-state index in [0.717, 1.165) is 17.0 Å². The first-order chi connectivity index (χ1) is 17.6. The van der Waals surface area contributed by atoms with Crippen LogP contribution in [0.3, 0.4) is 0 Å². The van der Waals surface area contributed by atoms with Gasteiger partial charge in [-0.25, -0.2) is 9.18 Å². The number of nitrogens with zero attached hydrogens (tertiary/aromatic N) is 3. The molecule has 1 aliphatic rings. The number of piperazine rings is 1. The Bertz CT molecular complexity index is 1310. The molecule has 1 aliphatic heterocycles. The van der Waals surface area contributed by atoms with Crippen molar-refractivity contribution in [3.63, 3.8) is 0 Å². The fourth-order valence-corrected chi connectivity index (χ4v) is 3.65. The third-order valence-corrected chi connectivity index (χ3v) is 5.51. The fourth-order valence-electron chi connectivity index (χ4n) is 3.65. The Kier molecular flexibility index (Phi) is 8.12. The van der Waals surface area contributed by atoms with Crippen molar-refractivity contribution < 1.29 is 54.8 Å². The van der Waals surface area contributed by atoms with E-state index in [1.54, 1.807) is 6.92 Å². The Morgan fingerprint density at radius 3 is 2.34 bits per heavy atom. The van der Waals surface area contributed by atoms with Crippen LogP contribution in [0.2, 0.25) is 0 Å². The number of hydrogen-bond donors (Lipinski definition) is 1. The molecule has 0 spiro atoms. The number of nitrogens with one attached hydrogen (secondary N) is 1. The molecule has 206 valence electrons. The quantitative estimate of drug-likeness (QED) is 0.430. The maximum Gasteiger partial charge on any atom is 0.498 e. The first kappa shape index (κ1) is 28.6. The molecule has 1 aromatic carbocycles. The van der Waals surface area contributed by atoms with E-state index in [9.17, 15) is 49.9 Å². The minimum Gasteiger partial charge on any atom is -0.330 e. The second-order valence-electron chi connectivity index (χ2n) is 8.27. The Balaban J connectivity index is 1.86. The molecule has 3 rings (SSSR count). The zero-order valence-electron chi connectivity index (χ0n) is 19.6. The smallest absolute Gasteiger partial charge is 0.330 e. The molecule has 2 aromatic rings. The lowest BCUT2D eigenvalue weighted by molar-refractivity contribution is -0.921. The van der Waals surface area contributed by atoms with Crippen LogP contribution < -0.4 is 15.2 Å². The Labute approximate surface area is 209 Å². The van der Waals surface area contributed by atoms with Gasteiger partial charge in [-0.15, -0.1) is 0 Å². The first-order valence-corrected chi connectivity index (χ1v) is 11.0. The van der Waals surface area contributed by atoms with Crippen LogP contribution in [0.5, 0.6) is 0 Å². The molecule has 0 aliphatic carbocycles. The molecular weight excluding hydrogens is 533 g/mol. The van der Waals surface area contributed by atoms with Gasteiger partial charge in [0.25, 0.3) is 11.6 Å². The van der Waals surface area contributed by atoms with Crippen molar-refractivity contribution >= 4 is 17.8 Å². The molecule has 1 fully saturated rings. The van der Waals surface area contributed by atoms with Crippen LogP contribution in [0.25, 0.3) is 0 Å². The summed E-state index contributed by atoms with van der Waals surface area (Å²) in [4.78, 5) is 54.2. The highest BCUT2D eigenvalue weighted by Gasteiger charge is 2.45. The van der Waals surface area contributed by atoms with Gasteiger partial charge in [0.15, 0.2) is 0 Å². The zero-order chi connectivity index (χ0) is 28.4. The Hall–Kier alpha value is -3.98. The second kappa shape index (κ2) is 10.8. The number of carbonyl (C=O) groups excluding carboxylic acids is 3. The Morgan fingerprint density at radius 2 is 1.76 bits per heavy atom. The Morgan fingerprint density at radius 1 is 1.08 bits per heavy atom. The van der Waals surface area contributed by atoms with Crippen LogP contribution in [0.1, 0.15) is 34.1 Å². The highest BCUT2D eigenvalue weighted by Crippen LogP contribution is 2.21. The number of aromatic nitrogens is 2. The number of aromatic amines is 1. The highest BCUT2D eigenvalue weighted by molar-refractivity contribution is 5.97. The average molecular weight is 553 g/mol. The molecule has 0 unspecified atom stereocenters. The normalized spacial score (nSPS) is 14.6. The number of hydrogen-bond acceptors (Lipinski definition) is 5. The van der Waals surface area contributed by atoms with Gasteiger partial charge in [0.2, 0.25) is 5.91 Å². The van der Waals surface area contributed by atoms with Crippen LogP contribution in [0, 0.1) is 5.82 Å². The van der Waals surface area contributed by atoms with Crippen molar-refractivity contribution in [1.82, 2.24) is 14.9 Å². The molecule has 1 saturated heterocycles. The van der Waals surface area contributed by atoms with Crippen molar-refractivity contribution in [3.05, 3.63) is 62.8 Å². The van der Waals surface area contributed by atoms with E-state index in [4.69, 9.17) is 0 Å². The van der Waals surface area contributed by atoms with Gasteiger partial charge in [-0.3, -0.25) is 14.4 Å². The van der Waals surface area contributed by atoms with E-state index in [1.165, 1.54) is 12.1 Å². The molecule has 0 saturated carbocycles. The van der Waals surface area contributed by atoms with Gasteiger partial charge in [0.05, 0.1) is 12.0 Å². The van der Waals surface area contributed by atoms with Crippen LogP contribution in [0.15, 0.2) is 29.1 Å². The summed E-state index contributed by atoms with van der Waals surface area (Å²) in [6.07, 6.45) is -10.2. The summed E-state index contributed by atoms with van der Waals surface area (Å²) in [6.45, 7) is -1.34. The number of H-pyrrole nitrogens is 1. The van der Waals surface area contributed by atoms with E-state index in [-0.39, 0.29) is 41.1 Å². The topological polar surface area (TPSA) is 104 Å². The zero-order valence-corrected chi connectivity index (χ0v) is 19.6. The van der Waals surface area contributed by atoms with E-state index in [0.29, 0.717) is 4.90 Å². The molecule has 38 heavy (non-hydrogen) atoms. The molecular formula is C22H20F7N4O5+. The molecule has 0 atom stereocenters. The highest BCUT2D eigenvalue weighted by atomic mass is 19.4. The van der Waals surface area contributed by atoms with Gasteiger partial charge in [-0.05, 0) is 24.1 Å². The molecule has 16 heteroatoms. The first-order valence-electron chi connectivity index (χ1n) is 11.0. The van der Waals surface area contributed by atoms with Crippen LogP contribution >= 0.6 is 0 Å². The van der Waals surface area contributed by atoms with E-state index in [2.05, 4.69) is 4.84 Å².